The topological polar surface area (TPSA) is 83.3 Å². The minimum atomic E-state index is -1.33. The third kappa shape index (κ3) is 3.00. The van der Waals surface area contributed by atoms with Crippen molar-refractivity contribution in [2.45, 2.75) is 6.42 Å². The number of aromatic hydroxyl groups is 1. The fraction of sp³-hybridized carbons (Fsp3) is 0.0625. The molecule has 0 fully saturated rings. The van der Waals surface area contributed by atoms with Crippen molar-refractivity contribution in [3.8, 4) is 5.75 Å². The maximum Gasteiger partial charge on any atom is 0.358 e. The average molecular weight is 377 g/mol. The molecule has 5 nitrogen and oxygen atoms in total. The van der Waals surface area contributed by atoms with E-state index in [4.69, 9.17) is 5.11 Å². The van der Waals surface area contributed by atoms with Gasteiger partial charge in [-0.25, -0.2) is 14.2 Å². The van der Waals surface area contributed by atoms with Gasteiger partial charge in [0.05, 0.1) is 0 Å². The number of rotatable bonds is 3. The van der Waals surface area contributed by atoms with E-state index in [9.17, 15) is 14.3 Å². The number of pyridine rings is 2. The molecule has 0 atom stereocenters. The van der Waals surface area contributed by atoms with E-state index < -0.39 is 17.4 Å². The van der Waals surface area contributed by atoms with Crippen molar-refractivity contribution in [1.82, 2.24) is 9.97 Å². The van der Waals surface area contributed by atoms with E-state index in [0.717, 1.165) is 11.1 Å². The Labute approximate surface area is 138 Å². The Morgan fingerprint density at radius 3 is 2.57 bits per heavy atom. The van der Waals surface area contributed by atoms with Gasteiger partial charge in [0.15, 0.2) is 11.4 Å². The smallest absolute Gasteiger partial charge is 0.358 e. The van der Waals surface area contributed by atoms with E-state index >= 15 is 0 Å². The molecule has 3 aromatic rings. The SMILES string of the molecule is O=C(O)c1nc(Br)c2cc(Cc3ccc(F)cc3)cnc2c1O. The Hall–Kier alpha value is -2.54. The zero-order chi connectivity index (χ0) is 16.6. The average Bonchev–Trinajstić information content (AvgIpc) is 2.53. The Kier molecular flexibility index (Phi) is 3.96. The molecule has 2 N–H and O–H groups in total. The first-order chi connectivity index (χ1) is 11.0. The molecule has 0 amide bonds. The normalized spacial score (nSPS) is 10.9. The third-order valence-corrected chi connectivity index (χ3v) is 3.95. The molecule has 0 bridgehead atoms. The number of aromatic carboxylic acids is 1. The monoisotopic (exact) mass is 376 g/mol. The molecule has 1 aromatic carbocycles. The highest BCUT2D eigenvalue weighted by atomic mass is 79.9. The first kappa shape index (κ1) is 15.4. The van der Waals surface area contributed by atoms with Crippen molar-refractivity contribution >= 4 is 32.8 Å². The Bertz CT molecular complexity index is 913. The molecule has 0 spiro atoms. The lowest BCUT2D eigenvalue weighted by Gasteiger charge is -2.08. The van der Waals surface area contributed by atoms with Crippen molar-refractivity contribution in [2.75, 3.05) is 0 Å². The summed E-state index contributed by atoms with van der Waals surface area (Å²) in [5.41, 5.74) is 1.44. The minimum absolute atomic E-state index is 0.159. The summed E-state index contributed by atoms with van der Waals surface area (Å²) in [5.74, 6) is -2.10. The molecule has 23 heavy (non-hydrogen) atoms. The fourth-order valence-corrected chi connectivity index (χ4v) is 2.74. The van der Waals surface area contributed by atoms with Crippen LogP contribution >= 0.6 is 15.9 Å². The number of hydrogen-bond donors (Lipinski definition) is 2. The van der Waals surface area contributed by atoms with Crippen LogP contribution in [0, 0.1) is 5.82 Å². The number of carbonyl (C=O) groups is 1. The third-order valence-electron chi connectivity index (χ3n) is 3.35. The second kappa shape index (κ2) is 5.92. The summed E-state index contributed by atoms with van der Waals surface area (Å²) >= 11 is 3.20. The van der Waals surface area contributed by atoms with Crippen LogP contribution in [-0.2, 0) is 6.42 Å². The van der Waals surface area contributed by atoms with Crippen LogP contribution in [0.2, 0.25) is 0 Å². The number of halogens is 2. The van der Waals surface area contributed by atoms with Gasteiger partial charge in [0.1, 0.15) is 15.9 Å². The summed E-state index contributed by atoms with van der Waals surface area (Å²) in [5, 5.41) is 19.5. The number of hydrogen-bond acceptors (Lipinski definition) is 4. The highest BCUT2D eigenvalue weighted by Gasteiger charge is 2.18. The lowest BCUT2D eigenvalue weighted by molar-refractivity contribution is 0.0687. The molecule has 0 saturated heterocycles. The predicted octanol–water partition coefficient (Wildman–Crippen LogP) is 3.53. The number of aromatic nitrogens is 2. The van der Waals surface area contributed by atoms with Gasteiger partial charge in [-0.3, -0.25) is 4.98 Å². The molecule has 7 heteroatoms. The second-order valence-electron chi connectivity index (χ2n) is 4.95. The lowest BCUT2D eigenvalue weighted by Crippen LogP contribution is -2.03. The molecule has 0 aliphatic rings. The van der Waals surface area contributed by atoms with Crippen molar-refractivity contribution in [1.29, 1.82) is 0 Å². The summed E-state index contributed by atoms with van der Waals surface area (Å²) in [6.07, 6.45) is 2.07. The zero-order valence-electron chi connectivity index (χ0n) is 11.6. The van der Waals surface area contributed by atoms with Gasteiger partial charge in [0.2, 0.25) is 0 Å². The Morgan fingerprint density at radius 2 is 1.91 bits per heavy atom. The van der Waals surface area contributed by atoms with Crippen LogP contribution in [-0.4, -0.2) is 26.2 Å². The van der Waals surface area contributed by atoms with Crippen LogP contribution < -0.4 is 0 Å². The van der Waals surface area contributed by atoms with Gasteiger partial charge in [0, 0.05) is 11.6 Å². The van der Waals surface area contributed by atoms with Gasteiger partial charge in [-0.1, -0.05) is 12.1 Å². The molecule has 0 radical (unpaired) electrons. The molecule has 2 heterocycles. The van der Waals surface area contributed by atoms with Crippen molar-refractivity contribution < 1.29 is 19.4 Å². The zero-order valence-corrected chi connectivity index (χ0v) is 13.2. The standard InChI is InChI=1S/C16H10BrFN2O3/c17-15-11-6-9(5-8-1-3-10(18)4-2-8)7-19-12(11)14(21)13(20-15)16(22)23/h1-4,6-7,21H,5H2,(H,22,23). The quantitative estimate of drug-likeness (QED) is 0.683. The van der Waals surface area contributed by atoms with Crippen molar-refractivity contribution in [3.05, 3.63) is 63.8 Å². The first-order valence-corrected chi connectivity index (χ1v) is 7.40. The van der Waals surface area contributed by atoms with E-state index in [1.54, 1.807) is 24.4 Å². The van der Waals surface area contributed by atoms with Crippen LogP contribution in [0.3, 0.4) is 0 Å². The van der Waals surface area contributed by atoms with E-state index in [2.05, 4.69) is 25.9 Å². The highest BCUT2D eigenvalue weighted by molar-refractivity contribution is 9.10. The maximum absolute atomic E-state index is 12.9. The van der Waals surface area contributed by atoms with E-state index in [1.807, 2.05) is 0 Å². The summed E-state index contributed by atoms with van der Waals surface area (Å²) in [6.45, 7) is 0. The summed E-state index contributed by atoms with van der Waals surface area (Å²) in [7, 11) is 0. The van der Waals surface area contributed by atoms with Crippen molar-refractivity contribution in [3.63, 3.8) is 0 Å². The Morgan fingerprint density at radius 1 is 1.22 bits per heavy atom. The van der Waals surface area contributed by atoms with Gasteiger partial charge in [0.25, 0.3) is 0 Å². The van der Waals surface area contributed by atoms with Gasteiger partial charge in [-0.05, 0) is 51.7 Å². The van der Waals surface area contributed by atoms with Gasteiger partial charge in [-0.15, -0.1) is 0 Å². The molecule has 2 aromatic heterocycles. The molecule has 0 unspecified atom stereocenters. The summed E-state index contributed by atoms with van der Waals surface area (Å²) < 4.78 is 13.2. The van der Waals surface area contributed by atoms with Crippen LogP contribution in [0.1, 0.15) is 21.6 Å². The lowest BCUT2D eigenvalue weighted by atomic mass is 10.0. The summed E-state index contributed by atoms with van der Waals surface area (Å²) in [4.78, 5) is 19.0. The number of fused-ring (bicyclic) bond motifs is 1. The molecule has 0 saturated carbocycles. The van der Waals surface area contributed by atoms with Crippen LogP contribution in [0.5, 0.6) is 5.75 Å². The Balaban J connectivity index is 2.05. The largest absolute Gasteiger partial charge is 0.504 e. The van der Waals surface area contributed by atoms with E-state index in [0.29, 0.717) is 11.8 Å². The van der Waals surface area contributed by atoms with E-state index in [1.165, 1.54) is 12.1 Å². The van der Waals surface area contributed by atoms with Crippen molar-refractivity contribution in [2.24, 2.45) is 0 Å². The van der Waals surface area contributed by atoms with Crippen LogP contribution in [0.15, 0.2) is 41.1 Å². The van der Waals surface area contributed by atoms with Crippen LogP contribution in [0.25, 0.3) is 10.9 Å². The van der Waals surface area contributed by atoms with E-state index in [-0.39, 0.29) is 15.9 Å². The number of carboxylic acids is 1. The number of benzene rings is 1. The van der Waals surface area contributed by atoms with Crippen LogP contribution in [0.4, 0.5) is 4.39 Å². The molecule has 0 aliphatic heterocycles. The molecular formula is C16H10BrFN2O3. The number of carboxylic acid groups (broad SMARTS) is 1. The van der Waals surface area contributed by atoms with Gasteiger partial charge in [-0.2, -0.15) is 0 Å². The molecule has 116 valence electrons. The maximum atomic E-state index is 12.9. The molecule has 3 rings (SSSR count). The van der Waals surface area contributed by atoms with Gasteiger partial charge < -0.3 is 10.2 Å². The van der Waals surface area contributed by atoms with Gasteiger partial charge >= 0.3 is 5.97 Å². The summed E-state index contributed by atoms with van der Waals surface area (Å²) in [6, 6.07) is 7.88. The highest BCUT2D eigenvalue weighted by Crippen LogP contribution is 2.31. The molecule has 0 aliphatic carbocycles. The molecular weight excluding hydrogens is 367 g/mol. The first-order valence-electron chi connectivity index (χ1n) is 6.60. The number of nitrogens with zero attached hydrogens (tertiary/aromatic N) is 2. The minimum Gasteiger partial charge on any atom is -0.504 e. The predicted molar refractivity (Wildman–Crippen MR) is 85.1 cm³/mol. The second-order valence-corrected chi connectivity index (χ2v) is 5.70. The fourth-order valence-electron chi connectivity index (χ4n) is 2.26.